The van der Waals surface area contributed by atoms with Gasteiger partial charge in [-0.1, -0.05) is 20.3 Å². The standard InChI is InChI=1S/C12H23NO/c1-4-10-7-9(2)8-11(14)5-6-12(10)13-3/h5,9-10,12-14H,4,6-8H2,1-3H3/b11-5+. The molecule has 0 amide bonds. The summed E-state index contributed by atoms with van der Waals surface area (Å²) in [5, 5.41) is 12.9. The summed E-state index contributed by atoms with van der Waals surface area (Å²) in [5.74, 6) is 1.93. The summed E-state index contributed by atoms with van der Waals surface area (Å²) in [6, 6.07) is 0.532. The molecule has 0 heterocycles. The molecule has 0 aliphatic heterocycles. The van der Waals surface area contributed by atoms with Crippen LogP contribution in [0.5, 0.6) is 0 Å². The van der Waals surface area contributed by atoms with Crippen LogP contribution < -0.4 is 5.32 Å². The minimum atomic E-state index is 0.532. The van der Waals surface area contributed by atoms with Crippen molar-refractivity contribution in [2.24, 2.45) is 11.8 Å². The van der Waals surface area contributed by atoms with E-state index in [4.69, 9.17) is 0 Å². The number of aliphatic hydroxyl groups excluding tert-OH is 1. The van der Waals surface area contributed by atoms with Gasteiger partial charge in [0.2, 0.25) is 0 Å². The molecule has 0 radical (unpaired) electrons. The average molecular weight is 197 g/mol. The van der Waals surface area contributed by atoms with Crippen LogP contribution in [0.25, 0.3) is 0 Å². The molecule has 1 aliphatic carbocycles. The van der Waals surface area contributed by atoms with E-state index in [1.54, 1.807) is 0 Å². The van der Waals surface area contributed by atoms with Crippen molar-refractivity contribution in [2.75, 3.05) is 7.05 Å². The number of hydrogen-bond acceptors (Lipinski definition) is 2. The highest BCUT2D eigenvalue weighted by Crippen LogP contribution is 2.27. The highest BCUT2D eigenvalue weighted by atomic mass is 16.3. The summed E-state index contributed by atoms with van der Waals surface area (Å²) < 4.78 is 0. The maximum absolute atomic E-state index is 9.59. The number of allylic oxidation sites excluding steroid dienone is 1. The van der Waals surface area contributed by atoms with Gasteiger partial charge in [0, 0.05) is 12.5 Å². The largest absolute Gasteiger partial charge is 0.513 e. The summed E-state index contributed by atoms with van der Waals surface area (Å²) in [7, 11) is 2.02. The topological polar surface area (TPSA) is 32.3 Å². The molecule has 0 bridgehead atoms. The fourth-order valence-electron chi connectivity index (χ4n) is 2.46. The van der Waals surface area contributed by atoms with E-state index in [2.05, 4.69) is 19.2 Å². The van der Waals surface area contributed by atoms with Crippen LogP contribution in [0.2, 0.25) is 0 Å². The fourth-order valence-corrected chi connectivity index (χ4v) is 2.46. The van der Waals surface area contributed by atoms with Crippen molar-refractivity contribution in [3.05, 3.63) is 11.8 Å². The SMILES string of the molecule is CCC1CC(C)C/C(O)=C\CC1NC. The van der Waals surface area contributed by atoms with Crippen LogP contribution in [0.3, 0.4) is 0 Å². The zero-order chi connectivity index (χ0) is 10.6. The minimum absolute atomic E-state index is 0.532. The monoisotopic (exact) mass is 197 g/mol. The Bertz CT molecular complexity index is 200. The molecule has 1 rings (SSSR count). The van der Waals surface area contributed by atoms with E-state index in [0.29, 0.717) is 17.7 Å². The van der Waals surface area contributed by atoms with Crippen LogP contribution >= 0.6 is 0 Å². The molecule has 0 aromatic rings. The van der Waals surface area contributed by atoms with Crippen LogP contribution in [0.4, 0.5) is 0 Å². The Morgan fingerprint density at radius 2 is 2.29 bits per heavy atom. The van der Waals surface area contributed by atoms with Gasteiger partial charge in [-0.2, -0.15) is 0 Å². The van der Waals surface area contributed by atoms with E-state index in [-0.39, 0.29) is 0 Å². The quantitative estimate of drug-likeness (QED) is 0.713. The Balaban J connectivity index is 2.69. The van der Waals surface area contributed by atoms with E-state index in [1.807, 2.05) is 13.1 Å². The number of nitrogens with one attached hydrogen (secondary N) is 1. The molecule has 0 aromatic heterocycles. The molecule has 14 heavy (non-hydrogen) atoms. The number of aliphatic hydroxyl groups is 1. The Hall–Kier alpha value is -0.500. The highest BCUT2D eigenvalue weighted by Gasteiger charge is 2.22. The predicted molar refractivity (Wildman–Crippen MR) is 60.4 cm³/mol. The maximum atomic E-state index is 9.59. The van der Waals surface area contributed by atoms with Gasteiger partial charge in [0.25, 0.3) is 0 Å². The van der Waals surface area contributed by atoms with Gasteiger partial charge in [-0.15, -0.1) is 0 Å². The molecule has 1 aliphatic rings. The number of rotatable bonds is 2. The van der Waals surface area contributed by atoms with Crippen molar-refractivity contribution < 1.29 is 5.11 Å². The van der Waals surface area contributed by atoms with Gasteiger partial charge in [-0.05, 0) is 37.8 Å². The van der Waals surface area contributed by atoms with Crippen LogP contribution in [0, 0.1) is 11.8 Å². The van der Waals surface area contributed by atoms with Crippen LogP contribution in [0.15, 0.2) is 11.8 Å². The lowest BCUT2D eigenvalue weighted by Crippen LogP contribution is -2.34. The van der Waals surface area contributed by atoms with Gasteiger partial charge in [0.15, 0.2) is 0 Å². The van der Waals surface area contributed by atoms with Gasteiger partial charge in [-0.25, -0.2) is 0 Å². The van der Waals surface area contributed by atoms with Crippen molar-refractivity contribution in [1.82, 2.24) is 5.32 Å². The first-order valence-electron chi connectivity index (χ1n) is 5.72. The third-order valence-electron chi connectivity index (χ3n) is 3.33. The second-order valence-corrected chi connectivity index (χ2v) is 4.54. The van der Waals surface area contributed by atoms with Crippen molar-refractivity contribution in [1.29, 1.82) is 0 Å². The molecular formula is C12H23NO. The van der Waals surface area contributed by atoms with Crippen molar-refractivity contribution in [3.8, 4) is 0 Å². The summed E-state index contributed by atoms with van der Waals surface area (Å²) in [6.45, 7) is 4.48. The lowest BCUT2D eigenvalue weighted by Gasteiger charge is -2.29. The molecule has 0 saturated carbocycles. The van der Waals surface area contributed by atoms with Gasteiger partial charge >= 0.3 is 0 Å². The Kier molecular flexibility index (Phi) is 4.46. The second-order valence-electron chi connectivity index (χ2n) is 4.54. The molecule has 0 aromatic carbocycles. The smallest absolute Gasteiger partial charge is 0.0886 e. The van der Waals surface area contributed by atoms with E-state index in [1.165, 1.54) is 12.8 Å². The normalized spacial score (nSPS) is 38.2. The van der Waals surface area contributed by atoms with Crippen LogP contribution in [0.1, 0.15) is 39.5 Å². The molecule has 0 spiro atoms. The summed E-state index contributed by atoms with van der Waals surface area (Å²) >= 11 is 0. The van der Waals surface area contributed by atoms with Crippen molar-refractivity contribution in [2.45, 2.75) is 45.6 Å². The minimum Gasteiger partial charge on any atom is -0.513 e. The fraction of sp³-hybridized carbons (Fsp3) is 0.833. The van der Waals surface area contributed by atoms with Crippen LogP contribution in [-0.2, 0) is 0 Å². The first-order valence-corrected chi connectivity index (χ1v) is 5.72. The van der Waals surface area contributed by atoms with E-state index in [0.717, 1.165) is 18.8 Å². The van der Waals surface area contributed by atoms with Crippen molar-refractivity contribution in [3.63, 3.8) is 0 Å². The molecule has 2 nitrogen and oxygen atoms in total. The molecule has 2 N–H and O–H groups in total. The lowest BCUT2D eigenvalue weighted by molar-refractivity contribution is 0.259. The second kappa shape index (κ2) is 5.40. The van der Waals surface area contributed by atoms with Gasteiger partial charge in [0.05, 0.1) is 5.76 Å². The van der Waals surface area contributed by atoms with Gasteiger partial charge in [0.1, 0.15) is 0 Å². The third-order valence-corrected chi connectivity index (χ3v) is 3.33. The lowest BCUT2D eigenvalue weighted by atomic mass is 9.82. The molecule has 0 fully saturated rings. The van der Waals surface area contributed by atoms with Gasteiger partial charge in [-0.3, -0.25) is 0 Å². The van der Waals surface area contributed by atoms with E-state index in [9.17, 15) is 5.11 Å². The number of hydrogen-bond donors (Lipinski definition) is 2. The first-order chi connectivity index (χ1) is 6.67. The van der Waals surface area contributed by atoms with Crippen LogP contribution in [-0.4, -0.2) is 18.2 Å². The molecule has 0 saturated heterocycles. The zero-order valence-electron chi connectivity index (χ0n) is 9.59. The van der Waals surface area contributed by atoms with E-state index >= 15 is 0 Å². The molecule has 3 unspecified atom stereocenters. The van der Waals surface area contributed by atoms with E-state index < -0.39 is 0 Å². The highest BCUT2D eigenvalue weighted by molar-refractivity contribution is 4.98. The summed E-state index contributed by atoms with van der Waals surface area (Å²) in [6.07, 6.45) is 6.25. The molecule has 3 atom stereocenters. The molecule has 2 heteroatoms. The Morgan fingerprint density at radius 3 is 2.86 bits per heavy atom. The first kappa shape index (κ1) is 11.6. The Morgan fingerprint density at radius 1 is 1.57 bits per heavy atom. The summed E-state index contributed by atoms with van der Waals surface area (Å²) in [5.41, 5.74) is 0. The zero-order valence-corrected chi connectivity index (χ0v) is 9.59. The molecule has 82 valence electrons. The van der Waals surface area contributed by atoms with Gasteiger partial charge < -0.3 is 10.4 Å². The average Bonchev–Trinajstić information content (AvgIpc) is 2.14. The Labute approximate surface area is 87.4 Å². The van der Waals surface area contributed by atoms with Crippen molar-refractivity contribution >= 4 is 0 Å². The third kappa shape index (κ3) is 3.02. The maximum Gasteiger partial charge on any atom is 0.0886 e. The molecular weight excluding hydrogens is 174 g/mol. The predicted octanol–water partition coefficient (Wildman–Crippen LogP) is 2.86. The summed E-state index contributed by atoms with van der Waals surface area (Å²) in [4.78, 5) is 0.